The largest absolute Gasteiger partial charge is 0.496 e. The number of benzene rings is 1. The molecule has 1 aromatic carbocycles. The highest BCUT2D eigenvalue weighted by atomic mass is 16.5. The van der Waals surface area contributed by atoms with E-state index in [0.717, 1.165) is 17.0 Å². The number of ether oxygens (including phenoxy) is 1. The summed E-state index contributed by atoms with van der Waals surface area (Å²) in [6.07, 6.45) is 1.92. The number of rotatable bonds is 8. The van der Waals surface area contributed by atoms with Crippen molar-refractivity contribution in [2.45, 2.75) is 26.4 Å². The third-order valence-electron chi connectivity index (χ3n) is 3.80. The Morgan fingerprint density at radius 1 is 1.16 bits per heavy atom. The maximum atomic E-state index is 12.0. The summed E-state index contributed by atoms with van der Waals surface area (Å²) in [5, 5.41) is 2.82. The highest BCUT2D eigenvalue weighted by Crippen LogP contribution is 2.19. The van der Waals surface area contributed by atoms with Crippen LogP contribution in [0.25, 0.3) is 0 Å². The van der Waals surface area contributed by atoms with E-state index < -0.39 is 0 Å². The van der Waals surface area contributed by atoms with E-state index in [2.05, 4.69) is 10.3 Å². The smallest absolute Gasteiger partial charge is 0.222 e. The van der Waals surface area contributed by atoms with Gasteiger partial charge in [0.15, 0.2) is 0 Å². The maximum absolute atomic E-state index is 12.0. The highest BCUT2D eigenvalue weighted by molar-refractivity contribution is 5.78. The molecule has 1 N–H and O–H groups in total. The summed E-state index contributed by atoms with van der Waals surface area (Å²) in [6.45, 7) is 2.64. The fraction of sp³-hybridized carbons (Fsp3) is 0.316. The minimum absolute atomic E-state index is 0.0802. The molecule has 1 aromatic heterocycles. The lowest BCUT2D eigenvalue weighted by atomic mass is 10.2. The third kappa shape index (κ3) is 5.91. The van der Waals surface area contributed by atoms with Crippen molar-refractivity contribution in [2.75, 3.05) is 13.7 Å². The summed E-state index contributed by atoms with van der Waals surface area (Å²) in [5.74, 6) is 0.536. The molecule has 2 amide bonds. The number of pyridine rings is 1. The fourth-order valence-electron chi connectivity index (χ4n) is 2.40. The Labute approximate surface area is 147 Å². The summed E-state index contributed by atoms with van der Waals surface area (Å²) in [5.41, 5.74) is 1.71. The second kappa shape index (κ2) is 9.42. The van der Waals surface area contributed by atoms with Crippen LogP contribution < -0.4 is 10.1 Å². The molecule has 0 bridgehead atoms. The van der Waals surface area contributed by atoms with Gasteiger partial charge in [-0.25, -0.2) is 0 Å². The van der Waals surface area contributed by atoms with Crippen LogP contribution in [0.5, 0.6) is 5.75 Å². The number of para-hydroxylation sites is 1. The van der Waals surface area contributed by atoms with E-state index in [-0.39, 0.29) is 18.2 Å². The fourth-order valence-corrected chi connectivity index (χ4v) is 2.40. The molecule has 0 atom stereocenters. The molecule has 6 nitrogen and oxygen atoms in total. The Balaban J connectivity index is 1.86. The number of hydrogen-bond donors (Lipinski definition) is 1. The van der Waals surface area contributed by atoms with Gasteiger partial charge in [-0.1, -0.05) is 24.3 Å². The number of nitrogens with one attached hydrogen (secondary N) is 1. The number of nitrogens with zero attached hydrogens (tertiary/aromatic N) is 2. The first-order valence-corrected chi connectivity index (χ1v) is 8.14. The van der Waals surface area contributed by atoms with E-state index in [4.69, 9.17) is 4.74 Å². The van der Waals surface area contributed by atoms with Crippen LogP contribution in [-0.4, -0.2) is 35.4 Å². The van der Waals surface area contributed by atoms with Crippen LogP contribution in [0.15, 0.2) is 48.7 Å². The topological polar surface area (TPSA) is 71.5 Å². The van der Waals surface area contributed by atoms with E-state index >= 15 is 0 Å². The second-order valence-corrected chi connectivity index (χ2v) is 5.60. The van der Waals surface area contributed by atoms with Crippen molar-refractivity contribution in [3.8, 4) is 5.75 Å². The van der Waals surface area contributed by atoms with Crippen molar-refractivity contribution in [1.82, 2.24) is 15.2 Å². The normalized spacial score (nSPS) is 10.2. The van der Waals surface area contributed by atoms with Gasteiger partial charge in [0, 0.05) is 38.2 Å². The Bertz CT molecular complexity index is 704. The maximum Gasteiger partial charge on any atom is 0.222 e. The van der Waals surface area contributed by atoms with Crippen molar-refractivity contribution < 1.29 is 14.3 Å². The molecule has 0 aliphatic rings. The van der Waals surface area contributed by atoms with Crippen molar-refractivity contribution >= 4 is 11.8 Å². The van der Waals surface area contributed by atoms with E-state index in [1.165, 1.54) is 6.92 Å². The molecule has 132 valence electrons. The Kier molecular flexibility index (Phi) is 6.95. The first kappa shape index (κ1) is 18.4. The minimum atomic E-state index is -0.114. The molecule has 0 aliphatic carbocycles. The molecule has 0 spiro atoms. The standard InChI is InChI=1S/C19H23N3O3/c1-15(23)22(14-16-7-3-4-9-18(16)25-2)12-10-19(24)21-13-17-8-5-6-11-20-17/h3-9,11H,10,12-14H2,1-2H3,(H,21,24). The zero-order chi connectivity index (χ0) is 18.1. The molecule has 0 fully saturated rings. The molecule has 0 saturated heterocycles. The summed E-state index contributed by atoms with van der Waals surface area (Å²) < 4.78 is 5.31. The summed E-state index contributed by atoms with van der Waals surface area (Å²) in [6, 6.07) is 13.1. The Morgan fingerprint density at radius 2 is 1.92 bits per heavy atom. The van der Waals surface area contributed by atoms with Crippen LogP contribution in [0, 0.1) is 0 Å². The van der Waals surface area contributed by atoms with Gasteiger partial charge in [-0.3, -0.25) is 14.6 Å². The lowest BCUT2D eigenvalue weighted by molar-refractivity contribution is -0.130. The lowest BCUT2D eigenvalue weighted by Gasteiger charge is -2.22. The third-order valence-corrected chi connectivity index (χ3v) is 3.80. The number of aromatic nitrogens is 1. The van der Waals surface area contributed by atoms with Gasteiger partial charge in [0.05, 0.1) is 19.3 Å². The molecule has 6 heteroatoms. The molecular weight excluding hydrogens is 318 g/mol. The van der Waals surface area contributed by atoms with Gasteiger partial charge >= 0.3 is 0 Å². The number of amides is 2. The van der Waals surface area contributed by atoms with Crippen molar-refractivity contribution in [3.05, 3.63) is 59.9 Å². The van der Waals surface area contributed by atoms with Gasteiger partial charge in [-0.2, -0.15) is 0 Å². The van der Waals surface area contributed by atoms with Crippen molar-refractivity contribution in [3.63, 3.8) is 0 Å². The van der Waals surface area contributed by atoms with Crippen LogP contribution >= 0.6 is 0 Å². The molecule has 0 aliphatic heterocycles. The van der Waals surface area contributed by atoms with E-state index in [0.29, 0.717) is 19.6 Å². The minimum Gasteiger partial charge on any atom is -0.496 e. The summed E-state index contributed by atoms with van der Waals surface area (Å²) in [4.78, 5) is 29.7. The summed E-state index contributed by atoms with van der Waals surface area (Å²) in [7, 11) is 1.60. The Hall–Kier alpha value is -2.89. The first-order chi connectivity index (χ1) is 12.1. The number of carbonyl (C=O) groups excluding carboxylic acids is 2. The zero-order valence-electron chi connectivity index (χ0n) is 14.6. The SMILES string of the molecule is COc1ccccc1CN(CCC(=O)NCc1ccccn1)C(C)=O. The van der Waals surface area contributed by atoms with E-state index in [9.17, 15) is 9.59 Å². The van der Waals surface area contributed by atoms with Gasteiger partial charge in [-0.05, 0) is 18.2 Å². The lowest BCUT2D eigenvalue weighted by Crippen LogP contribution is -2.33. The van der Waals surface area contributed by atoms with Gasteiger partial charge in [-0.15, -0.1) is 0 Å². The molecule has 25 heavy (non-hydrogen) atoms. The number of hydrogen-bond acceptors (Lipinski definition) is 4. The number of methoxy groups -OCH3 is 1. The van der Waals surface area contributed by atoms with Gasteiger partial charge in [0.25, 0.3) is 0 Å². The zero-order valence-corrected chi connectivity index (χ0v) is 14.6. The molecule has 1 heterocycles. The molecule has 0 radical (unpaired) electrons. The Morgan fingerprint density at radius 3 is 2.60 bits per heavy atom. The van der Waals surface area contributed by atoms with Crippen LogP contribution in [0.2, 0.25) is 0 Å². The van der Waals surface area contributed by atoms with E-state index in [1.807, 2.05) is 42.5 Å². The molecule has 0 saturated carbocycles. The first-order valence-electron chi connectivity index (χ1n) is 8.14. The predicted molar refractivity (Wildman–Crippen MR) is 94.8 cm³/mol. The molecular formula is C19H23N3O3. The van der Waals surface area contributed by atoms with Crippen molar-refractivity contribution in [2.24, 2.45) is 0 Å². The molecule has 2 aromatic rings. The average Bonchev–Trinajstić information content (AvgIpc) is 2.64. The predicted octanol–water partition coefficient (Wildman–Crippen LogP) is 2.15. The van der Waals surface area contributed by atoms with Crippen LogP contribution in [0.4, 0.5) is 0 Å². The number of carbonyl (C=O) groups is 2. The quantitative estimate of drug-likeness (QED) is 0.798. The van der Waals surface area contributed by atoms with Gasteiger partial charge in [0.2, 0.25) is 11.8 Å². The average molecular weight is 341 g/mol. The molecule has 2 rings (SSSR count). The van der Waals surface area contributed by atoms with Crippen LogP contribution in [0.1, 0.15) is 24.6 Å². The van der Waals surface area contributed by atoms with Crippen LogP contribution in [0.3, 0.4) is 0 Å². The monoisotopic (exact) mass is 341 g/mol. The van der Waals surface area contributed by atoms with Crippen molar-refractivity contribution in [1.29, 1.82) is 0 Å². The highest BCUT2D eigenvalue weighted by Gasteiger charge is 2.14. The van der Waals surface area contributed by atoms with Gasteiger partial charge in [0.1, 0.15) is 5.75 Å². The van der Waals surface area contributed by atoms with Gasteiger partial charge < -0.3 is 15.0 Å². The van der Waals surface area contributed by atoms with Crippen LogP contribution in [-0.2, 0) is 22.7 Å². The van der Waals surface area contributed by atoms with E-state index in [1.54, 1.807) is 18.2 Å². The summed E-state index contributed by atoms with van der Waals surface area (Å²) >= 11 is 0. The second-order valence-electron chi connectivity index (χ2n) is 5.60. The molecule has 0 unspecified atom stereocenters.